The van der Waals surface area contributed by atoms with Crippen LogP contribution in [0.15, 0.2) is 29.1 Å². The van der Waals surface area contributed by atoms with Crippen LogP contribution >= 0.6 is 0 Å². The molecule has 0 aromatic carbocycles. The van der Waals surface area contributed by atoms with Gasteiger partial charge >= 0.3 is 6.18 Å². The minimum Gasteiger partial charge on any atom is -0.442 e. The van der Waals surface area contributed by atoms with Crippen molar-refractivity contribution in [2.75, 3.05) is 0 Å². The molecule has 5 nitrogen and oxygen atoms in total. The zero-order valence-electron chi connectivity index (χ0n) is 10.6. The topological polar surface area (TPSA) is 68.0 Å². The number of nitrogens with one attached hydrogen (secondary N) is 1. The van der Waals surface area contributed by atoms with E-state index in [0.717, 1.165) is 18.5 Å². The maximum Gasteiger partial charge on any atom is 0.416 e. The summed E-state index contributed by atoms with van der Waals surface area (Å²) in [5, 5.41) is 2.54. The Balaban J connectivity index is 2.12. The molecule has 1 N–H and O–H groups in total. The molecule has 1 fully saturated rings. The number of hydrogen-bond acceptors (Lipinski definition) is 4. The molecule has 0 radical (unpaired) electrons. The molecule has 1 amide bonds. The molecule has 0 bridgehead atoms. The average molecular weight is 297 g/mol. The van der Waals surface area contributed by atoms with E-state index in [0.29, 0.717) is 19.3 Å². The first kappa shape index (κ1) is 13.6. The predicted molar refractivity (Wildman–Crippen MR) is 64.8 cm³/mol. The fourth-order valence-corrected chi connectivity index (χ4v) is 2.12. The molecular formula is C13H10F3N3O2. The van der Waals surface area contributed by atoms with E-state index in [1.54, 1.807) is 0 Å². The number of aromatic nitrogens is 2. The molecule has 1 aliphatic rings. The standard InChI is InChI=1S/C13H10F3N3O2/c14-13(15,16)8-3-9(10-5-17-7-21-10)19-11(4-8)12(1-2-12)18-6-20/h3-7H,1-2H2,(H,18,20). The second kappa shape index (κ2) is 4.57. The smallest absolute Gasteiger partial charge is 0.416 e. The molecule has 21 heavy (non-hydrogen) atoms. The molecule has 1 saturated carbocycles. The third kappa shape index (κ3) is 2.48. The number of amides is 1. The lowest BCUT2D eigenvalue weighted by Crippen LogP contribution is -2.29. The van der Waals surface area contributed by atoms with E-state index in [1.165, 1.54) is 6.20 Å². The Morgan fingerprint density at radius 3 is 2.62 bits per heavy atom. The minimum absolute atomic E-state index is 0.0382. The van der Waals surface area contributed by atoms with Crippen LogP contribution in [0.3, 0.4) is 0 Å². The van der Waals surface area contributed by atoms with E-state index in [9.17, 15) is 18.0 Å². The molecule has 0 spiro atoms. The van der Waals surface area contributed by atoms with Gasteiger partial charge in [-0.05, 0) is 25.0 Å². The molecule has 2 aromatic heterocycles. The lowest BCUT2D eigenvalue weighted by atomic mass is 10.1. The lowest BCUT2D eigenvalue weighted by Gasteiger charge is -2.17. The van der Waals surface area contributed by atoms with Crippen LogP contribution in [0.1, 0.15) is 24.1 Å². The molecule has 2 heterocycles. The van der Waals surface area contributed by atoms with Gasteiger partial charge in [-0.15, -0.1) is 0 Å². The normalized spacial score (nSPS) is 16.5. The van der Waals surface area contributed by atoms with Gasteiger partial charge in [0.15, 0.2) is 12.2 Å². The first-order valence-electron chi connectivity index (χ1n) is 6.15. The van der Waals surface area contributed by atoms with Crippen molar-refractivity contribution >= 4 is 6.41 Å². The van der Waals surface area contributed by atoms with E-state index >= 15 is 0 Å². The van der Waals surface area contributed by atoms with Crippen LogP contribution in [0.4, 0.5) is 13.2 Å². The minimum atomic E-state index is -4.51. The second-order valence-corrected chi connectivity index (χ2v) is 4.83. The van der Waals surface area contributed by atoms with Crippen LogP contribution in [0.25, 0.3) is 11.5 Å². The van der Waals surface area contributed by atoms with Crippen molar-refractivity contribution in [2.45, 2.75) is 24.6 Å². The van der Waals surface area contributed by atoms with E-state index in [2.05, 4.69) is 15.3 Å². The fraction of sp³-hybridized carbons (Fsp3) is 0.308. The Morgan fingerprint density at radius 2 is 2.10 bits per heavy atom. The second-order valence-electron chi connectivity index (χ2n) is 4.83. The first-order chi connectivity index (χ1) is 9.94. The Hall–Kier alpha value is -2.38. The Kier molecular flexibility index (Phi) is 2.96. The highest BCUT2D eigenvalue weighted by molar-refractivity contribution is 5.56. The molecule has 0 unspecified atom stereocenters. The molecule has 0 aliphatic heterocycles. The molecule has 3 rings (SSSR count). The number of rotatable bonds is 4. The van der Waals surface area contributed by atoms with Gasteiger partial charge in [0.1, 0.15) is 5.69 Å². The van der Waals surface area contributed by atoms with Crippen molar-refractivity contribution in [1.29, 1.82) is 0 Å². The van der Waals surface area contributed by atoms with E-state index < -0.39 is 17.3 Å². The number of alkyl halides is 3. The summed E-state index contributed by atoms with van der Waals surface area (Å²) in [5.41, 5.74) is -1.43. The van der Waals surface area contributed by atoms with Crippen LogP contribution in [-0.4, -0.2) is 16.4 Å². The van der Waals surface area contributed by atoms with Crippen LogP contribution < -0.4 is 5.32 Å². The van der Waals surface area contributed by atoms with Crippen molar-refractivity contribution in [3.63, 3.8) is 0 Å². The number of halogens is 3. The van der Waals surface area contributed by atoms with E-state index in [1.807, 2.05) is 0 Å². The van der Waals surface area contributed by atoms with Crippen molar-refractivity contribution < 1.29 is 22.4 Å². The van der Waals surface area contributed by atoms with Gasteiger partial charge in [0.05, 0.1) is 23.0 Å². The maximum absolute atomic E-state index is 13.0. The summed E-state index contributed by atoms with van der Waals surface area (Å²) in [6.07, 6.45) is -0.523. The van der Waals surface area contributed by atoms with Gasteiger partial charge in [0.25, 0.3) is 0 Å². The molecule has 110 valence electrons. The summed E-state index contributed by atoms with van der Waals surface area (Å²) in [4.78, 5) is 18.5. The summed E-state index contributed by atoms with van der Waals surface area (Å²) in [5.74, 6) is 0.143. The predicted octanol–water partition coefficient (Wildman–Crippen LogP) is 2.49. The summed E-state index contributed by atoms with van der Waals surface area (Å²) >= 11 is 0. The van der Waals surface area contributed by atoms with Gasteiger partial charge in [0, 0.05) is 0 Å². The molecule has 1 aliphatic carbocycles. The first-order valence-corrected chi connectivity index (χ1v) is 6.15. The van der Waals surface area contributed by atoms with Crippen LogP contribution in [0, 0.1) is 0 Å². The number of pyridine rings is 1. The van der Waals surface area contributed by atoms with Crippen molar-refractivity contribution in [3.8, 4) is 11.5 Å². The number of carbonyl (C=O) groups excluding carboxylic acids is 1. The molecule has 0 saturated heterocycles. The van der Waals surface area contributed by atoms with Crippen LogP contribution in [-0.2, 0) is 16.5 Å². The summed E-state index contributed by atoms with van der Waals surface area (Å²) in [7, 11) is 0. The van der Waals surface area contributed by atoms with Gasteiger partial charge in [-0.25, -0.2) is 9.97 Å². The fourth-order valence-electron chi connectivity index (χ4n) is 2.12. The lowest BCUT2D eigenvalue weighted by molar-refractivity contribution is -0.137. The monoisotopic (exact) mass is 297 g/mol. The molecular weight excluding hydrogens is 287 g/mol. The van der Waals surface area contributed by atoms with Gasteiger partial charge in [-0.2, -0.15) is 13.2 Å². The summed E-state index contributed by atoms with van der Waals surface area (Å²) in [6.45, 7) is 0. The van der Waals surface area contributed by atoms with Gasteiger partial charge in [-0.3, -0.25) is 4.79 Å². The number of hydrogen-bond donors (Lipinski definition) is 1. The highest BCUT2D eigenvalue weighted by Gasteiger charge is 2.47. The van der Waals surface area contributed by atoms with E-state index in [-0.39, 0.29) is 17.1 Å². The van der Waals surface area contributed by atoms with Gasteiger partial charge in [-0.1, -0.05) is 0 Å². The zero-order valence-corrected chi connectivity index (χ0v) is 10.6. The third-order valence-corrected chi connectivity index (χ3v) is 3.41. The zero-order chi connectivity index (χ0) is 15.1. The Morgan fingerprint density at radius 1 is 1.33 bits per heavy atom. The third-order valence-electron chi connectivity index (χ3n) is 3.41. The van der Waals surface area contributed by atoms with Crippen molar-refractivity contribution in [3.05, 3.63) is 36.0 Å². The molecule has 2 aromatic rings. The van der Waals surface area contributed by atoms with Crippen molar-refractivity contribution in [2.24, 2.45) is 0 Å². The average Bonchev–Trinajstić information content (AvgIpc) is 3.02. The molecule has 8 heteroatoms. The Labute approximate surface area is 117 Å². The van der Waals surface area contributed by atoms with Gasteiger partial charge < -0.3 is 9.73 Å². The largest absolute Gasteiger partial charge is 0.442 e. The quantitative estimate of drug-likeness (QED) is 0.880. The number of carbonyl (C=O) groups is 1. The Bertz CT molecular complexity index is 664. The summed E-state index contributed by atoms with van der Waals surface area (Å²) < 4.78 is 44.1. The van der Waals surface area contributed by atoms with Crippen molar-refractivity contribution in [1.82, 2.24) is 15.3 Å². The van der Waals surface area contributed by atoms with Crippen LogP contribution in [0.5, 0.6) is 0 Å². The maximum atomic E-state index is 13.0. The highest BCUT2D eigenvalue weighted by Crippen LogP contribution is 2.46. The summed E-state index contributed by atoms with van der Waals surface area (Å²) in [6, 6.07) is 1.87. The van der Waals surface area contributed by atoms with E-state index in [4.69, 9.17) is 4.42 Å². The number of oxazole rings is 1. The SMILES string of the molecule is O=CNC1(c2cc(C(F)(F)F)cc(-c3cnco3)n2)CC1. The highest BCUT2D eigenvalue weighted by atomic mass is 19.4. The molecule has 0 atom stereocenters. The van der Waals surface area contributed by atoms with Crippen LogP contribution in [0.2, 0.25) is 0 Å². The number of nitrogens with zero attached hydrogens (tertiary/aromatic N) is 2. The van der Waals surface area contributed by atoms with Gasteiger partial charge in [0.2, 0.25) is 6.41 Å².